The first-order valence-corrected chi connectivity index (χ1v) is 5.96. The lowest BCUT2D eigenvalue weighted by atomic mass is 9.82. The molecule has 3 rings (SSSR count). The molecule has 0 saturated carbocycles. The van der Waals surface area contributed by atoms with Gasteiger partial charge in [-0.05, 0) is 42.7 Å². The van der Waals surface area contributed by atoms with Crippen LogP contribution in [0.3, 0.4) is 0 Å². The van der Waals surface area contributed by atoms with Gasteiger partial charge in [0.25, 0.3) is 0 Å². The smallest absolute Gasteiger partial charge is 0.234 e. The van der Waals surface area contributed by atoms with Crippen LogP contribution in [0.15, 0.2) is 24.0 Å². The van der Waals surface area contributed by atoms with E-state index in [9.17, 15) is 14.7 Å². The molecule has 4 heteroatoms. The van der Waals surface area contributed by atoms with E-state index in [0.717, 1.165) is 11.1 Å². The van der Waals surface area contributed by atoms with E-state index in [-0.39, 0.29) is 6.61 Å². The molecule has 0 atom stereocenters. The standard InChI is InChI=1S/C15H12O4/c1-7-6-19-15-8(2)13(17)14(18)11-4-9(5-16)3-10(7)12(11)15/h3-4,6,16H,5H2,1-2H3. The maximum Gasteiger partial charge on any atom is 0.234 e. The summed E-state index contributed by atoms with van der Waals surface area (Å²) in [4.78, 5) is 24.0. The van der Waals surface area contributed by atoms with Crippen LogP contribution in [0.1, 0.15) is 40.9 Å². The first-order chi connectivity index (χ1) is 9.04. The summed E-state index contributed by atoms with van der Waals surface area (Å²) in [6.45, 7) is 3.29. The van der Waals surface area contributed by atoms with Crippen LogP contribution in [-0.2, 0) is 16.1 Å². The van der Waals surface area contributed by atoms with E-state index < -0.39 is 11.6 Å². The number of hydrogen-bond acceptors (Lipinski definition) is 4. The van der Waals surface area contributed by atoms with E-state index in [1.54, 1.807) is 19.3 Å². The summed E-state index contributed by atoms with van der Waals surface area (Å²) < 4.78 is 5.48. The number of allylic oxidation sites excluding steroid dienone is 2. The van der Waals surface area contributed by atoms with Crippen molar-refractivity contribution in [2.75, 3.05) is 0 Å². The monoisotopic (exact) mass is 256 g/mol. The molecule has 0 fully saturated rings. The largest absolute Gasteiger partial charge is 0.464 e. The Morgan fingerprint density at radius 2 is 1.79 bits per heavy atom. The SMILES string of the molecule is CC1=COC2=C(C)C(=O)C(=O)c3cc(CO)cc1c32. The van der Waals surface area contributed by atoms with Crippen molar-refractivity contribution in [1.29, 1.82) is 0 Å². The molecular formula is C15H12O4. The molecular weight excluding hydrogens is 244 g/mol. The molecule has 1 N–H and O–H groups in total. The van der Waals surface area contributed by atoms with Crippen molar-refractivity contribution in [3.05, 3.63) is 46.2 Å². The molecule has 1 aliphatic heterocycles. The fraction of sp³-hybridized carbons (Fsp3) is 0.200. The quantitative estimate of drug-likeness (QED) is 0.781. The number of aliphatic hydroxyl groups excluding tert-OH is 1. The molecule has 1 heterocycles. The average Bonchev–Trinajstić information content (AvgIpc) is 2.43. The number of carbonyl (C=O) groups excluding carboxylic acids is 2. The molecule has 2 aliphatic rings. The second-order valence-corrected chi connectivity index (χ2v) is 4.76. The third-order valence-corrected chi connectivity index (χ3v) is 3.52. The normalized spacial score (nSPS) is 17.1. The molecule has 0 bridgehead atoms. The molecule has 0 spiro atoms. The van der Waals surface area contributed by atoms with E-state index in [1.165, 1.54) is 0 Å². The summed E-state index contributed by atoms with van der Waals surface area (Å²) >= 11 is 0. The number of ketones is 2. The van der Waals surface area contributed by atoms with E-state index in [0.29, 0.717) is 28.0 Å². The van der Waals surface area contributed by atoms with Crippen molar-refractivity contribution in [3.8, 4) is 0 Å². The number of Topliss-reactive ketones (excluding diaryl/α,β-unsaturated/α-hetero) is 2. The van der Waals surface area contributed by atoms with Gasteiger partial charge >= 0.3 is 0 Å². The summed E-state index contributed by atoms with van der Waals surface area (Å²) in [5.74, 6) is -0.632. The number of benzene rings is 1. The van der Waals surface area contributed by atoms with Gasteiger partial charge in [0.15, 0.2) is 0 Å². The number of rotatable bonds is 1. The van der Waals surface area contributed by atoms with Crippen molar-refractivity contribution in [2.45, 2.75) is 20.5 Å². The Balaban J connectivity index is 2.43. The van der Waals surface area contributed by atoms with Crippen molar-refractivity contribution in [3.63, 3.8) is 0 Å². The minimum atomic E-state index is -0.545. The number of hydrogen-bond donors (Lipinski definition) is 1. The molecule has 19 heavy (non-hydrogen) atoms. The van der Waals surface area contributed by atoms with Crippen molar-refractivity contribution in [2.24, 2.45) is 0 Å². The van der Waals surface area contributed by atoms with E-state index in [4.69, 9.17) is 4.74 Å². The minimum absolute atomic E-state index is 0.173. The summed E-state index contributed by atoms with van der Waals surface area (Å²) in [7, 11) is 0. The molecule has 4 nitrogen and oxygen atoms in total. The lowest BCUT2D eigenvalue weighted by Crippen LogP contribution is -2.25. The van der Waals surface area contributed by atoms with Gasteiger partial charge in [-0.2, -0.15) is 0 Å². The van der Waals surface area contributed by atoms with Crippen LogP contribution >= 0.6 is 0 Å². The second-order valence-electron chi connectivity index (χ2n) is 4.76. The summed E-state index contributed by atoms with van der Waals surface area (Å²) in [5, 5.41) is 9.27. The second kappa shape index (κ2) is 3.90. The zero-order valence-electron chi connectivity index (χ0n) is 10.6. The van der Waals surface area contributed by atoms with Gasteiger partial charge in [-0.1, -0.05) is 0 Å². The summed E-state index contributed by atoms with van der Waals surface area (Å²) in [5.41, 5.74) is 3.63. The molecule has 0 radical (unpaired) electrons. The molecule has 0 saturated heterocycles. The highest BCUT2D eigenvalue weighted by atomic mass is 16.5. The molecule has 1 aromatic carbocycles. The van der Waals surface area contributed by atoms with Gasteiger partial charge in [0.1, 0.15) is 5.76 Å². The Hall–Kier alpha value is -2.20. The van der Waals surface area contributed by atoms with Crippen LogP contribution in [-0.4, -0.2) is 16.7 Å². The van der Waals surface area contributed by atoms with Crippen LogP contribution < -0.4 is 0 Å². The zero-order chi connectivity index (χ0) is 13.7. The predicted octanol–water partition coefficient (Wildman–Crippen LogP) is 2.07. The topological polar surface area (TPSA) is 63.6 Å². The highest BCUT2D eigenvalue weighted by molar-refractivity contribution is 6.52. The fourth-order valence-corrected chi connectivity index (χ4v) is 2.47. The lowest BCUT2D eigenvalue weighted by Gasteiger charge is -2.26. The van der Waals surface area contributed by atoms with Gasteiger partial charge < -0.3 is 9.84 Å². The third kappa shape index (κ3) is 1.50. The Kier molecular flexibility index (Phi) is 2.43. The maximum atomic E-state index is 12.1. The molecule has 1 aliphatic carbocycles. The average molecular weight is 256 g/mol. The van der Waals surface area contributed by atoms with Crippen LogP contribution in [0.2, 0.25) is 0 Å². The van der Waals surface area contributed by atoms with Crippen molar-refractivity contribution < 1.29 is 19.4 Å². The first kappa shape index (κ1) is 11.9. The zero-order valence-corrected chi connectivity index (χ0v) is 10.6. The van der Waals surface area contributed by atoms with Crippen LogP contribution in [0, 0.1) is 0 Å². The van der Waals surface area contributed by atoms with Gasteiger partial charge in [-0.15, -0.1) is 0 Å². The number of carbonyl (C=O) groups is 2. The van der Waals surface area contributed by atoms with Crippen LogP contribution in [0.25, 0.3) is 11.3 Å². The molecule has 96 valence electrons. The number of ether oxygens (including phenoxy) is 1. The highest BCUT2D eigenvalue weighted by Crippen LogP contribution is 2.40. The van der Waals surface area contributed by atoms with Crippen molar-refractivity contribution >= 4 is 22.9 Å². The van der Waals surface area contributed by atoms with E-state index in [1.807, 2.05) is 13.0 Å². The van der Waals surface area contributed by atoms with E-state index in [2.05, 4.69) is 0 Å². The molecule has 1 aromatic rings. The fourth-order valence-electron chi connectivity index (χ4n) is 2.47. The van der Waals surface area contributed by atoms with Crippen molar-refractivity contribution in [1.82, 2.24) is 0 Å². The number of aliphatic hydroxyl groups is 1. The highest BCUT2D eigenvalue weighted by Gasteiger charge is 2.35. The van der Waals surface area contributed by atoms with Gasteiger partial charge in [0.2, 0.25) is 11.6 Å². The summed E-state index contributed by atoms with van der Waals surface area (Å²) in [6.07, 6.45) is 1.56. The third-order valence-electron chi connectivity index (χ3n) is 3.52. The Morgan fingerprint density at radius 3 is 2.47 bits per heavy atom. The van der Waals surface area contributed by atoms with Crippen LogP contribution in [0.5, 0.6) is 0 Å². The Labute approximate surface area is 110 Å². The Bertz CT molecular complexity index is 692. The predicted molar refractivity (Wildman–Crippen MR) is 69.0 cm³/mol. The minimum Gasteiger partial charge on any atom is -0.464 e. The Morgan fingerprint density at radius 1 is 1.11 bits per heavy atom. The van der Waals surface area contributed by atoms with Crippen LogP contribution in [0.4, 0.5) is 0 Å². The first-order valence-electron chi connectivity index (χ1n) is 5.96. The van der Waals surface area contributed by atoms with Gasteiger partial charge in [-0.25, -0.2) is 0 Å². The molecule has 0 amide bonds. The lowest BCUT2D eigenvalue weighted by molar-refractivity contribution is -0.111. The van der Waals surface area contributed by atoms with Gasteiger partial charge in [0, 0.05) is 16.7 Å². The van der Waals surface area contributed by atoms with Gasteiger partial charge in [0.05, 0.1) is 12.9 Å². The maximum absolute atomic E-state index is 12.1. The molecule has 0 unspecified atom stereocenters. The van der Waals surface area contributed by atoms with Gasteiger partial charge in [-0.3, -0.25) is 9.59 Å². The van der Waals surface area contributed by atoms with E-state index >= 15 is 0 Å². The molecule has 0 aromatic heterocycles. The summed E-state index contributed by atoms with van der Waals surface area (Å²) in [6, 6.07) is 3.39.